The zero-order valence-corrected chi connectivity index (χ0v) is 20.8. The van der Waals surface area contributed by atoms with Crippen LogP contribution in [0.4, 0.5) is 0 Å². The number of aliphatic hydroxyl groups excluding tert-OH is 1. The first-order valence-corrected chi connectivity index (χ1v) is 11.8. The molecule has 1 fully saturated rings. The number of hydrogen-bond acceptors (Lipinski definition) is 8. The van der Waals surface area contributed by atoms with Crippen LogP contribution in [0.15, 0.2) is 6.07 Å². The van der Waals surface area contributed by atoms with E-state index in [1.165, 1.54) is 0 Å². The van der Waals surface area contributed by atoms with Crippen LogP contribution < -0.4 is 15.4 Å². The number of hydrogen-bond donors (Lipinski definition) is 4. The second kappa shape index (κ2) is 12.2. The largest absolute Gasteiger partial charge is 0.507 e. The zero-order chi connectivity index (χ0) is 25.5. The van der Waals surface area contributed by atoms with Gasteiger partial charge in [0.25, 0.3) is 5.09 Å². The lowest BCUT2D eigenvalue weighted by Crippen LogP contribution is -2.52. The van der Waals surface area contributed by atoms with E-state index in [4.69, 9.17) is 9.57 Å². The van der Waals surface area contributed by atoms with Gasteiger partial charge in [-0.2, -0.15) is 0 Å². The molecule has 1 aliphatic carbocycles. The highest BCUT2D eigenvalue weighted by atomic mass is 17.0. The van der Waals surface area contributed by atoms with E-state index in [9.17, 15) is 25.1 Å². The molecule has 1 saturated carbocycles. The van der Waals surface area contributed by atoms with Gasteiger partial charge in [-0.3, -0.25) is 4.79 Å². The summed E-state index contributed by atoms with van der Waals surface area (Å²) in [6.45, 7) is 9.99. The third kappa shape index (κ3) is 8.32. The summed E-state index contributed by atoms with van der Waals surface area (Å²) in [6, 6.07) is 1.75. The highest BCUT2D eigenvalue weighted by molar-refractivity contribution is 5.76. The van der Waals surface area contributed by atoms with Crippen molar-refractivity contribution in [2.75, 3.05) is 19.7 Å². The van der Waals surface area contributed by atoms with E-state index in [0.29, 0.717) is 24.3 Å². The predicted molar refractivity (Wildman–Crippen MR) is 127 cm³/mol. The van der Waals surface area contributed by atoms with Gasteiger partial charge in [-0.05, 0) is 76.1 Å². The van der Waals surface area contributed by atoms with Crippen LogP contribution in [-0.4, -0.2) is 58.7 Å². The maximum absolute atomic E-state index is 12.4. The van der Waals surface area contributed by atoms with Gasteiger partial charge in [0.05, 0.1) is 0 Å². The molecule has 192 valence electrons. The van der Waals surface area contributed by atoms with Crippen molar-refractivity contribution < 1.29 is 29.7 Å². The highest BCUT2D eigenvalue weighted by Gasteiger charge is 2.30. The van der Waals surface area contributed by atoms with Crippen LogP contribution in [0.3, 0.4) is 0 Å². The summed E-state index contributed by atoms with van der Waals surface area (Å²) in [5, 5.41) is 36.4. The number of rotatable bonds is 12. The average Bonchev–Trinajstić information content (AvgIpc) is 2.77. The Morgan fingerprint density at radius 1 is 1.26 bits per heavy atom. The molecule has 4 N–H and O–H groups in total. The Bertz CT molecular complexity index is 859. The van der Waals surface area contributed by atoms with Crippen molar-refractivity contribution in [1.29, 1.82) is 0 Å². The minimum atomic E-state index is -0.772. The highest BCUT2D eigenvalue weighted by Crippen LogP contribution is 2.32. The minimum absolute atomic E-state index is 0.0828. The molecule has 0 saturated heterocycles. The van der Waals surface area contributed by atoms with Crippen molar-refractivity contribution in [3.63, 3.8) is 0 Å². The fraction of sp³-hybridized carbons (Fsp3) is 0.708. The standard InChI is InChI=1S/C24H39N3O7/c1-15-10-21(16(2)17(3)23(15)30)33-13-19(28)12-26-24(4,5)14-25-22(29)11-18-8-6-7-9-20(18)34-27(31)32/h10,18-20,26,28,30H,6-9,11-14H2,1-5H3,(H,25,29)/t18-,19?,20+/m0/s1. The maximum Gasteiger partial charge on any atom is 0.294 e. The summed E-state index contributed by atoms with van der Waals surface area (Å²) >= 11 is 0. The van der Waals surface area contributed by atoms with Gasteiger partial charge in [0.2, 0.25) is 5.91 Å². The van der Waals surface area contributed by atoms with E-state index < -0.39 is 22.8 Å². The van der Waals surface area contributed by atoms with Crippen molar-refractivity contribution >= 4 is 5.91 Å². The normalized spacial score (nSPS) is 19.4. The Morgan fingerprint density at radius 3 is 2.62 bits per heavy atom. The molecule has 10 heteroatoms. The molecule has 1 aromatic carbocycles. The Hall–Kier alpha value is -2.59. The van der Waals surface area contributed by atoms with Gasteiger partial charge in [0.15, 0.2) is 0 Å². The maximum atomic E-state index is 12.4. The summed E-state index contributed by atoms with van der Waals surface area (Å²) < 4.78 is 5.77. The third-order valence-electron chi connectivity index (χ3n) is 6.49. The summed E-state index contributed by atoms with van der Waals surface area (Å²) in [4.78, 5) is 27.9. The number of ether oxygens (including phenoxy) is 1. The Morgan fingerprint density at radius 2 is 1.94 bits per heavy atom. The molecule has 0 aromatic heterocycles. The first-order chi connectivity index (χ1) is 15.9. The molecule has 34 heavy (non-hydrogen) atoms. The van der Waals surface area contributed by atoms with E-state index in [2.05, 4.69) is 10.6 Å². The number of aromatic hydroxyl groups is 1. The lowest BCUT2D eigenvalue weighted by molar-refractivity contribution is -0.771. The van der Waals surface area contributed by atoms with Crippen molar-refractivity contribution in [2.45, 2.75) is 84.5 Å². The van der Waals surface area contributed by atoms with Gasteiger partial charge in [-0.1, -0.05) is 12.8 Å². The van der Waals surface area contributed by atoms with Crippen LogP contribution in [0.1, 0.15) is 62.6 Å². The van der Waals surface area contributed by atoms with E-state index >= 15 is 0 Å². The van der Waals surface area contributed by atoms with Gasteiger partial charge < -0.3 is 30.4 Å². The van der Waals surface area contributed by atoms with E-state index in [1.54, 1.807) is 13.0 Å². The number of phenolic OH excluding ortho intramolecular Hbond substituents is 1. The first-order valence-electron chi connectivity index (χ1n) is 11.8. The Labute approximate surface area is 201 Å². The molecule has 0 radical (unpaired) electrons. The quantitative estimate of drug-likeness (QED) is 0.264. The number of benzene rings is 1. The molecule has 3 atom stereocenters. The fourth-order valence-electron chi connectivity index (χ4n) is 4.17. The molecule has 0 heterocycles. The number of carbonyl (C=O) groups excluding carboxylic acids is 1. The number of aryl methyl sites for hydroxylation is 1. The SMILES string of the molecule is Cc1cc(OCC(O)CNC(C)(C)CNC(=O)C[C@@H]2CCCC[C@H]2O[N+](=O)[O-])c(C)c(C)c1O. The lowest BCUT2D eigenvalue weighted by atomic mass is 9.84. The van der Waals surface area contributed by atoms with Crippen LogP contribution >= 0.6 is 0 Å². The van der Waals surface area contributed by atoms with Crippen LogP contribution in [0.5, 0.6) is 11.5 Å². The van der Waals surface area contributed by atoms with Gasteiger partial charge in [-0.15, -0.1) is 10.1 Å². The van der Waals surface area contributed by atoms with Gasteiger partial charge in [0.1, 0.15) is 30.3 Å². The molecule has 1 amide bonds. The van der Waals surface area contributed by atoms with Crippen LogP contribution in [0, 0.1) is 36.8 Å². The molecule has 1 aromatic rings. The number of nitrogens with one attached hydrogen (secondary N) is 2. The first kappa shape index (κ1) is 27.7. The number of aliphatic hydroxyl groups is 1. The fourth-order valence-corrected chi connectivity index (χ4v) is 4.17. The topological polar surface area (TPSA) is 143 Å². The van der Waals surface area contributed by atoms with Crippen molar-refractivity contribution in [2.24, 2.45) is 5.92 Å². The van der Waals surface area contributed by atoms with E-state index in [0.717, 1.165) is 30.4 Å². The summed E-state index contributed by atoms with van der Waals surface area (Å²) in [6.07, 6.45) is 2.02. The van der Waals surface area contributed by atoms with Gasteiger partial charge in [0, 0.05) is 25.0 Å². The Balaban J connectivity index is 1.76. The molecular formula is C24H39N3O7. The summed E-state index contributed by atoms with van der Waals surface area (Å²) in [5.74, 6) is 0.543. The third-order valence-corrected chi connectivity index (χ3v) is 6.49. The molecular weight excluding hydrogens is 442 g/mol. The van der Waals surface area contributed by atoms with Gasteiger partial charge >= 0.3 is 0 Å². The molecule has 0 bridgehead atoms. The summed E-state index contributed by atoms with van der Waals surface area (Å²) in [5.41, 5.74) is 1.81. The Kier molecular flexibility index (Phi) is 9.93. The van der Waals surface area contributed by atoms with E-state index in [1.807, 2.05) is 27.7 Å². The van der Waals surface area contributed by atoms with Crippen molar-refractivity contribution in [1.82, 2.24) is 10.6 Å². The number of carbonyl (C=O) groups is 1. The van der Waals surface area contributed by atoms with Gasteiger partial charge in [-0.25, -0.2) is 0 Å². The van der Waals surface area contributed by atoms with Crippen molar-refractivity contribution in [3.05, 3.63) is 32.9 Å². The van der Waals surface area contributed by atoms with Crippen LogP contribution in [-0.2, 0) is 9.63 Å². The summed E-state index contributed by atoms with van der Waals surface area (Å²) in [7, 11) is 0. The number of nitrogens with zero attached hydrogens (tertiary/aromatic N) is 1. The molecule has 1 unspecified atom stereocenters. The second-order valence-corrected chi connectivity index (χ2v) is 9.91. The predicted octanol–water partition coefficient (Wildman–Crippen LogP) is 2.70. The average molecular weight is 482 g/mol. The molecule has 2 rings (SSSR count). The van der Waals surface area contributed by atoms with Crippen LogP contribution in [0.25, 0.3) is 0 Å². The number of phenols is 1. The monoisotopic (exact) mass is 481 g/mol. The lowest BCUT2D eigenvalue weighted by Gasteiger charge is -2.31. The molecule has 10 nitrogen and oxygen atoms in total. The smallest absolute Gasteiger partial charge is 0.294 e. The van der Waals surface area contributed by atoms with Crippen LogP contribution in [0.2, 0.25) is 0 Å². The number of β-amino-alcohol motifs (C(OH)–C–C–N with tert-alkyl or cyclic N) is 1. The molecule has 0 spiro atoms. The van der Waals surface area contributed by atoms with E-state index in [-0.39, 0.29) is 37.1 Å². The minimum Gasteiger partial charge on any atom is -0.507 e. The number of amides is 1. The molecule has 1 aliphatic rings. The molecule has 0 aliphatic heterocycles. The zero-order valence-electron chi connectivity index (χ0n) is 20.8. The van der Waals surface area contributed by atoms with Crippen molar-refractivity contribution in [3.8, 4) is 11.5 Å². The second-order valence-electron chi connectivity index (χ2n) is 9.91.